The van der Waals surface area contributed by atoms with Gasteiger partial charge in [0.2, 0.25) is 0 Å². The maximum Gasteiger partial charge on any atom is 0.0936 e. The minimum atomic E-state index is -0.0414. The largest absolute Gasteiger partial charge is 0.394 e. The molecule has 1 saturated heterocycles. The van der Waals surface area contributed by atoms with Crippen LogP contribution in [-0.2, 0) is 4.74 Å². The highest BCUT2D eigenvalue weighted by atomic mass is 16.5. The van der Waals surface area contributed by atoms with Crippen molar-refractivity contribution in [3.63, 3.8) is 0 Å². The maximum atomic E-state index is 9.30. The van der Waals surface area contributed by atoms with Gasteiger partial charge in [-0.1, -0.05) is 24.3 Å². The van der Waals surface area contributed by atoms with Crippen molar-refractivity contribution >= 4 is 0 Å². The van der Waals surface area contributed by atoms with E-state index in [4.69, 9.17) is 4.74 Å². The minimum Gasteiger partial charge on any atom is -0.394 e. The van der Waals surface area contributed by atoms with Crippen molar-refractivity contribution in [3.05, 3.63) is 35.4 Å². The second-order valence-electron chi connectivity index (χ2n) is 6.00. The summed E-state index contributed by atoms with van der Waals surface area (Å²) < 4.78 is 5.70. The Morgan fingerprint density at radius 2 is 2.14 bits per heavy atom. The van der Waals surface area contributed by atoms with Gasteiger partial charge in [-0.25, -0.2) is 0 Å². The molecular weight excluding hydrogens is 264 g/mol. The molecule has 1 aliphatic heterocycles. The van der Waals surface area contributed by atoms with E-state index in [0.29, 0.717) is 6.04 Å². The molecular formula is C17H28N2O2. The fraction of sp³-hybridized carbons (Fsp3) is 0.647. The molecule has 4 nitrogen and oxygen atoms in total. The summed E-state index contributed by atoms with van der Waals surface area (Å²) in [6, 6.07) is 8.93. The Balaban J connectivity index is 1.92. The predicted molar refractivity (Wildman–Crippen MR) is 85.5 cm³/mol. The third-order valence-electron chi connectivity index (χ3n) is 4.25. The van der Waals surface area contributed by atoms with Crippen molar-refractivity contribution in [2.75, 3.05) is 33.3 Å². The summed E-state index contributed by atoms with van der Waals surface area (Å²) in [5.74, 6) is 0. The Bertz CT molecular complexity index is 439. The van der Waals surface area contributed by atoms with Gasteiger partial charge in [0.05, 0.1) is 18.8 Å². The SMILES string of the molecule is CNC(CCN1CC(C)OC(CO)C1)c1ccccc1C. The first-order valence-corrected chi connectivity index (χ1v) is 7.85. The molecule has 1 aliphatic rings. The third-order valence-corrected chi connectivity index (χ3v) is 4.25. The topological polar surface area (TPSA) is 44.7 Å². The van der Waals surface area contributed by atoms with Gasteiger partial charge < -0.3 is 15.2 Å². The molecule has 0 radical (unpaired) electrons. The van der Waals surface area contributed by atoms with E-state index < -0.39 is 0 Å². The van der Waals surface area contributed by atoms with E-state index >= 15 is 0 Å². The molecule has 0 spiro atoms. The van der Waals surface area contributed by atoms with Crippen LogP contribution in [0.25, 0.3) is 0 Å². The monoisotopic (exact) mass is 292 g/mol. The van der Waals surface area contributed by atoms with E-state index in [1.807, 2.05) is 7.05 Å². The first-order valence-electron chi connectivity index (χ1n) is 7.85. The lowest BCUT2D eigenvalue weighted by atomic mass is 9.98. The zero-order valence-electron chi connectivity index (χ0n) is 13.4. The van der Waals surface area contributed by atoms with Crippen molar-refractivity contribution in [1.82, 2.24) is 10.2 Å². The summed E-state index contributed by atoms with van der Waals surface area (Å²) >= 11 is 0. The molecule has 1 aromatic rings. The van der Waals surface area contributed by atoms with Gasteiger partial charge in [0.15, 0.2) is 0 Å². The Labute approximate surface area is 128 Å². The first kappa shape index (κ1) is 16.4. The summed E-state index contributed by atoms with van der Waals surface area (Å²) in [6.07, 6.45) is 1.22. The van der Waals surface area contributed by atoms with Gasteiger partial charge in [0, 0.05) is 25.7 Å². The normalized spacial score (nSPS) is 25.0. The molecule has 21 heavy (non-hydrogen) atoms. The van der Waals surface area contributed by atoms with Gasteiger partial charge in [0.1, 0.15) is 0 Å². The summed E-state index contributed by atoms with van der Waals surface area (Å²) in [6.45, 7) is 7.13. The third kappa shape index (κ3) is 4.51. The number of aliphatic hydroxyl groups is 1. The van der Waals surface area contributed by atoms with Crippen molar-refractivity contribution in [2.24, 2.45) is 0 Å². The van der Waals surface area contributed by atoms with Crippen LogP contribution in [0.1, 0.15) is 30.5 Å². The smallest absolute Gasteiger partial charge is 0.0936 e. The van der Waals surface area contributed by atoms with Crippen LogP contribution >= 0.6 is 0 Å². The van der Waals surface area contributed by atoms with Crippen LogP contribution in [0.15, 0.2) is 24.3 Å². The number of hydrogen-bond acceptors (Lipinski definition) is 4. The molecule has 1 heterocycles. The number of nitrogens with zero attached hydrogens (tertiary/aromatic N) is 1. The first-order chi connectivity index (χ1) is 10.1. The highest BCUT2D eigenvalue weighted by Gasteiger charge is 2.25. The molecule has 3 unspecified atom stereocenters. The van der Waals surface area contributed by atoms with Crippen LogP contribution in [0.5, 0.6) is 0 Å². The molecule has 0 saturated carbocycles. The second kappa shape index (κ2) is 7.90. The molecule has 0 amide bonds. The molecule has 3 atom stereocenters. The fourth-order valence-electron chi connectivity index (χ4n) is 3.17. The summed E-state index contributed by atoms with van der Waals surface area (Å²) in [5, 5.41) is 12.7. The van der Waals surface area contributed by atoms with Crippen LogP contribution < -0.4 is 5.32 Å². The number of rotatable bonds is 6. The predicted octanol–water partition coefficient (Wildman–Crippen LogP) is 1.73. The molecule has 1 aromatic carbocycles. The number of morpholine rings is 1. The van der Waals surface area contributed by atoms with Gasteiger partial charge in [-0.2, -0.15) is 0 Å². The number of hydrogen-bond donors (Lipinski definition) is 2. The molecule has 2 rings (SSSR count). The number of nitrogens with one attached hydrogen (secondary N) is 1. The standard InChI is InChI=1S/C17H28N2O2/c1-13-6-4-5-7-16(13)17(18-3)8-9-19-10-14(2)21-15(11-19)12-20/h4-7,14-15,17-18,20H,8-12H2,1-3H3. The molecule has 1 fully saturated rings. The Morgan fingerprint density at radius 3 is 2.81 bits per heavy atom. The van der Waals surface area contributed by atoms with Gasteiger partial charge in [-0.15, -0.1) is 0 Å². The van der Waals surface area contributed by atoms with Crippen molar-refractivity contribution in [1.29, 1.82) is 0 Å². The molecule has 118 valence electrons. The van der Waals surface area contributed by atoms with E-state index in [2.05, 4.69) is 48.3 Å². The second-order valence-corrected chi connectivity index (χ2v) is 6.00. The van der Waals surface area contributed by atoms with Crippen molar-refractivity contribution < 1.29 is 9.84 Å². The Hall–Kier alpha value is -0.940. The van der Waals surface area contributed by atoms with Crippen LogP contribution in [0.2, 0.25) is 0 Å². The number of benzene rings is 1. The van der Waals surface area contributed by atoms with Gasteiger partial charge in [-0.05, 0) is 38.4 Å². The number of aryl methyl sites for hydroxylation is 1. The minimum absolute atomic E-state index is 0.0414. The van der Waals surface area contributed by atoms with E-state index in [1.165, 1.54) is 11.1 Å². The van der Waals surface area contributed by atoms with E-state index in [1.54, 1.807) is 0 Å². The van der Waals surface area contributed by atoms with E-state index in [0.717, 1.165) is 26.1 Å². The lowest BCUT2D eigenvalue weighted by molar-refractivity contribution is -0.0955. The van der Waals surface area contributed by atoms with Crippen LogP contribution in [-0.4, -0.2) is 55.5 Å². The number of ether oxygens (including phenoxy) is 1. The Morgan fingerprint density at radius 1 is 1.38 bits per heavy atom. The average Bonchev–Trinajstić information content (AvgIpc) is 2.49. The van der Waals surface area contributed by atoms with Gasteiger partial charge >= 0.3 is 0 Å². The lowest BCUT2D eigenvalue weighted by Crippen LogP contribution is -2.48. The maximum absolute atomic E-state index is 9.30. The number of aliphatic hydroxyl groups excluding tert-OH is 1. The van der Waals surface area contributed by atoms with Crippen LogP contribution in [0.3, 0.4) is 0 Å². The summed E-state index contributed by atoms with van der Waals surface area (Å²) in [5.41, 5.74) is 2.71. The Kier molecular flexibility index (Phi) is 6.18. The molecule has 0 aliphatic carbocycles. The molecule has 0 bridgehead atoms. The zero-order chi connectivity index (χ0) is 15.2. The van der Waals surface area contributed by atoms with Crippen molar-refractivity contribution in [2.45, 2.75) is 38.5 Å². The molecule has 4 heteroatoms. The zero-order valence-corrected chi connectivity index (χ0v) is 13.4. The highest BCUT2D eigenvalue weighted by Crippen LogP contribution is 2.21. The van der Waals surface area contributed by atoms with Crippen LogP contribution in [0, 0.1) is 6.92 Å². The molecule has 2 N–H and O–H groups in total. The average molecular weight is 292 g/mol. The molecule has 0 aromatic heterocycles. The van der Waals surface area contributed by atoms with Crippen LogP contribution in [0.4, 0.5) is 0 Å². The lowest BCUT2D eigenvalue weighted by Gasteiger charge is -2.36. The quantitative estimate of drug-likeness (QED) is 0.838. The van der Waals surface area contributed by atoms with Gasteiger partial charge in [-0.3, -0.25) is 4.90 Å². The van der Waals surface area contributed by atoms with E-state index in [-0.39, 0.29) is 18.8 Å². The van der Waals surface area contributed by atoms with Gasteiger partial charge in [0.25, 0.3) is 0 Å². The van der Waals surface area contributed by atoms with Crippen molar-refractivity contribution in [3.8, 4) is 0 Å². The highest BCUT2D eigenvalue weighted by molar-refractivity contribution is 5.28. The summed E-state index contributed by atoms with van der Waals surface area (Å²) in [4.78, 5) is 2.40. The van der Waals surface area contributed by atoms with E-state index in [9.17, 15) is 5.11 Å². The fourth-order valence-corrected chi connectivity index (χ4v) is 3.17. The summed E-state index contributed by atoms with van der Waals surface area (Å²) in [7, 11) is 2.02.